The predicted octanol–water partition coefficient (Wildman–Crippen LogP) is 1.05. The van der Waals surface area contributed by atoms with E-state index in [0.717, 1.165) is 18.0 Å². The minimum absolute atomic E-state index is 0.0118. The molecule has 7 heteroatoms. The molecule has 0 unspecified atom stereocenters. The number of nitrogens with one attached hydrogen (secondary N) is 2. The zero-order valence-corrected chi connectivity index (χ0v) is 14.5. The highest BCUT2D eigenvalue weighted by Crippen LogP contribution is 2.24. The van der Waals surface area contributed by atoms with Crippen LogP contribution >= 0.6 is 0 Å². The Morgan fingerprint density at radius 1 is 1.33 bits per heavy atom. The van der Waals surface area contributed by atoms with Crippen LogP contribution < -0.4 is 20.3 Å². The second-order valence-electron chi connectivity index (χ2n) is 6.04. The first-order valence-electron chi connectivity index (χ1n) is 8.22. The largest absolute Gasteiger partial charge is 0.494 e. The molecule has 0 bridgehead atoms. The van der Waals surface area contributed by atoms with E-state index in [9.17, 15) is 9.59 Å². The van der Waals surface area contributed by atoms with Gasteiger partial charge in [0.2, 0.25) is 5.91 Å². The molecule has 1 aromatic rings. The molecule has 24 heavy (non-hydrogen) atoms. The maximum Gasteiger partial charge on any atom is 0.315 e. The number of ether oxygens (including phenoxy) is 1. The molecule has 1 aliphatic heterocycles. The molecule has 0 saturated carbocycles. The first-order chi connectivity index (χ1) is 11.5. The molecular formula is C17H26N4O3. The van der Waals surface area contributed by atoms with Gasteiger partial charge in [0.25, 0.3) is 0 Å². The van der Waals surface area contributed by atoms with Crippen LogP contribution in [0.2, 0.25) is 0 Å². The first-order valence-corrected chi connectivity index (χ1v) is 8.22. The summed E-state index contributed by atoms with van der Waals surface area (Å²) < 4.78 is 5.41. The van der Waals surface area contributed by atoms with Crippen LogP contribution in [0.3, 0.4) is 0 Å². The summed E-state index contributed by atoms with van der Waals surface area (Å²) in [4.78, 5) is 27.7. The number of carbonyl (C=O) groups excluding carboxylic acids is 2. The molecule has 1 aliphatic rings. The van der Waals surface area contributed by atoms with Crippen LogP contribution in [0.4, 0.5) is 10.5 Å². The fourth-order valence-corrected chi connectivity index (χ4v) is 2.57. The van der Waals surface area contributed by atoms with Crippen molar-refractivity contribution in [3.05, 3.63) is 24.3 Å². The Balaban J connectivity index is 1.85. The van der Waals surface area contributed by atoms with Gasteiger partial charge in [0.05, 0.1) is 12.6 Å². The number of benzene rings is 1. The molecule has 2 rings (SSSR count). The molecule has 1 aromatic carbocycles. The summed E-state index contributed by atoms with van der Waals surface area (Å²) in [5.74, 6) is 0.792. The number of hydrogen-bond acceptors (Lipinski definition) is 4. The molecule has 0 radical (unpaired) electrons. The maximum absolute atomic E-state index is 12.2. The molecule has 0 aliphatic carbocycles. The summed E-state index contributed by atoms with van der Waals surface area (Å²) in [6.07, 6.45) is 0.314. The Bertz CT molecular complexity index is 559. The average molecular weight is 334 g/mol. The van der Waals surface area contributed by atoms with E-state index < -0.39 is 0 Å². The number of likely N-dealkylation sites (N-methyl/N-ethyl adjacent to an activating group) is 1. The van der Waals surface area contributed by atoms with Gasteiger partial charge in [0.1, 0.15) is 5.75 Å². The van der Waals surface area contributed by atoms with Crippen molar-refractivity contribution < 1.29 is 14.3 Å². The lowest BCUT2D eigenvalue weighted by atomic mass is 10.2. The summed E-state index contributed by atoms with van der Waals surface area (Å²) in [7, 11) is 3.90. The minimum atomic E-state index is -0.233. The number of nitrogens with zero attached hydrogens (tertiary/aromatic N) is 2. The van der Waals surface area contributed by atoms with E-state index in [0.29, 0.717) is 26.1 Å². The maximum atomic E-state index is 12.2. The SMILES string of the molecule is CCOc1ccc(N2C[C@@H](NC(=O)NCCN(C)C)CC2=O)cc1. The predicted molar refractivity (Wildman–Crippen MR) is 93.5 cm³/mol. The first kappa shape index (κ1) is 18.1. The van der Waals surface area contributed by atoms with E-state index in [1.807, 2.05) is 50.2 Å². The number of rotatable bonds is 7. The standard InChI is InChI=1S/C17H26N4O3/c1-4-24-15-7-5-14(6-8-15)21-12-13(11-16(21)22)19-17(23)18-9-10-20(2)3/h5-8,13H,4,9-12H2,1-3H3,(H2,18,19,23)/t13-/m0/s1. The summed E-state index contributed by atoms with van der Waals surface area (Å²) in [5, 5.41) is 5.65. The lowest BCUT2D eigenvalue weighted by Gasteiger charge is -2.18. The van der Waals surface area contributed by atoms with Crippen LogP contribution in [0.15, 0.2) is 24.3 Å². The van der Waals surface area contributed by atoms with Gasteiger partial charge in [-0.15, -0.1) is 0 Å². The van der Waals surface area contributed by atoms with E-state index >= 15 is 0 Å². The lowest BCUT2D eigenvalue weighted by molar-refractivity contribution is -0.117. The molecule has 1 atom stereocenters. The molecule has 1 saturated heterocycles. The van der Waals surface area contributed by atoms with Gasteiger partial charge in [-0.2, -0.15) is 0 Å². The average Bonchev–Trinajstić information content (AvgIpc) is 2.88. The van der Waals surface area contributed by atoms with Crippen molar-refractivity contribution in [1.82, 2.24) is 15.5 Å². The molecule has 7 nitrogen and oxygen atoms in total. The highest BCUT2D eigenvalue weighted by atomic mass is 16.5. The molecule has 132 valence electrons. The minimum Gasteiger partial charge on any atom is -0.494 e. The molecule has 0 aromatic heterocycles. The van der Waals surface area contributed by atoms with E-state index in [1.54, 1.807) is 4.90 Å². The third-order valence-corrected chi connectivity index (χ3v) is 3.76. The third kappa shape index (κ3) is 5.13. The third-order valence-electron chi connectivity index (χ3n) is 3.76. The van der Waals surface area contributed by atoms with Crippen LogP contribution in [0.1, 0.15) is 13.3 Å². The smallest absolute Gasteiger partial charge is 0.315 e. The van der Waals surface area contributed by atoms with Gasteiger partial charge in [0, 0.05) is 31.7 Å². The molecule has 1 fully saturated rings. The fraction of sp³-hybridized carbons (Fsp3) is 0.529. The Morgan fingerprint density at radius 3 is 2.67 bits per heavy atom. The second-order valence-corrected chi connectivity index (χ2v) is 6.04. The zero-order valence-electron chi connectivity index (χ0n) is 14.5. The Morgan fingerprint density at radius 2 is 2.04 bits per heavy atom. The van der Waals surface area contributed by atoms with Gasteiger partial charge in [-0.25, -0.2) is 4.79 Å². The van der Waals surface area contributed by atoms with Gasteiger partial charge in [-0.05, 0) is 45.3 Å². The summed E-state index contributed by atoms with van der Waals surface area (Å²) in [6.45, 7) is 4.36. The highest BCUT2D eigenvalue weighted by molar-refractivity contribution is 5.96. The van der Waals surface area contributed by atoms with Crippen molar-refractivity contribution in [1.29, 1.82) is 0 Å². The number of anilines is 1. The Labute approximate surface area is 142 Å². The van der Waals surface area contributed by atoms with Gasteiger partial charge in [-0.1, -0.05) is 0 Å². The number of hydrogen-bond donors (Lipinski definition) is 2. The monoisotopic (exact) mass is 334 g/mol. The number of carbonyl (C=O) groups is 2. The van der Waals surface area contributed by atoms with Crippen LogP contribution in [0.25, 0.3) is 0 Å². The quantitative estimate of drug-likeness (QED) is 0.782. The number of urea groups is 1. The molecular weight excluding hydrogens is 308 g/mol. The van der Waals surface area contributed by atoms with Crippen molar-refractivity contribution in [2.24, 2.45) is 0 Å². The van der Waals surface area contributed by atoms with Crippen LogP contribution in [-0.2, 0) is 4.79 Å². The van der Waals surface area contributed by atoms with Crippen LogP contribution in [0.5, 0.6) is 5.75 Å². The summed E-state index contributed by atoms with van der Waals surface area (Å²) >= 11 is 0. The van der Waals surface area contributed by atoms with Crippen molar-refractivity contribution in [3.8, 4) is 5.75 Å². The van der Waals surface area contributed by atoms with E-state index in [4.69, 9.17) is 4.74 Å². The van der Waals surface area contributed by atoms with E-state index in [-0.39, 0.29) is 18.0 Å². The second kappa shape index (κ2) is 8.54. The van der Waals surface area contributed by atoms with Crippen molar-refractivity contribution >= 4 is 17.6 Å². The van der Waals surface area contributed by atoms with Gasteiger partial charge in [0.15, 0.2) is 0 Å². The normalized spacial score (nSPS) is 17.2. The highest BCUT2D eigenvalue weighted by Gasteiger charge is 2.31. The van der Waals surface area contributed by atoms with E-state index in [1.165, 1.54) is 0 Å². The van der Waals surface area contributed by atoms with Gasteiger partial charge >= 0.3 is 6.03 Å². The van der Waals surface area contributed by atoms with Gasteiger partial charge in [-0.3, -0.25) is 4.79 Å². The number of amides is 3. The molecule has 0 spiro atoms. The van der Waals surface area contributed by atoms with Gasteiger partial charge < -0.3 is 25.2 Å². The molecule has 1 heterocycles. The van der Waals surface area contributed by atoms with Crippen molar-refractivity contribution in [2.45, 2.75) is 19.4 Å². The van der Waals surface area contributed by atoms with Crippen molar-refractivity contribution in [2.75, 3.05) is 45.2 Å². The summed E-state index contributed by atoms with van der Waals surface area (Å²) in [5.41, 5.74) is 0.820. The van der Waals surface area contributed by atoms with Crippen molar-refractivity contribution in [3.63, 3.8) is 0 Å². The molecule has 3 amide bonds. The topological polar surface area (TPSA) is 73.9 Å². The van der Waals surface area contributed by atoms with E-state index in [2.05, 4.69) is 10.6 Å². The fourth-order valence-electron chi connectivity index (χ4n) is 2.57. The molecule has 2 N–H and O–H groups in total. The Hall–Kier alpha value is -2.28. The lowest BCUT2D eigenvalue weighted by Crippen LogP contribution is -2.45. The van der Waals surface area contributed by atoms with Crippen LogP contribution in [0, 0.1) is 0 Å². The van der Waals surface area contributed by atoms with Crippen LogP contribution in [-0.4, -0.2) is 63.2 Å². The Kier molecular flexibility index (Phi) is 6.43. The zero-order chi connectivity index (χ0) is 17.5. The summed E-state index contributed by atoms with van der Waals surface area (Å²) in [6, 6.07) is 7.01.